The molecule has 2 aromatic rings. The molecule has 0 bridgehead atoms. The number of benzene rings is 1. The fourth-order valence-corrected chi connectivity index (χ4v) is 1.38. The lowest BCUT2D eigenvalue weighted by molar-refractivity contribution is 0.419. The third kappa shape index (κ3) is 1.04. The molecule has 1 heterocycles. The molecule has 62 valence electrons. The number of ether oxygens (including phenoxy) is 1. The van der Waals surface area contributed by atoms with E-state index in [1.807, 2.05) is 18.2 Å². The van der Waals surface area contributed by atoms with Crippen molar-refractivity contribution in [2.45, 2.75) is 5.16 Å². The van der Waals surface area contributed by atoms with Crippen molar-refractivity contribution >= 4 is 23.7 Å². The van der Waals surface area contributed by atoms with Crippen molar-refractivity contribution in [3.8, 4) is 5.75 Å². The Morgan fingerprint density at radius 3 is 3.08 bits per heavy atom. The number of methoxy groups -OCH3 is 1. The maximum atomic E-state index is 5.14. The average Bonchev–Trinajstić information content (AvgIpc) is 2.44. The Hall–Kier alpha value is -1.16. The normalized spacial score (nSPS) is 10.5. The van der Waals surface area contributed by atoms with Crippen LogP contribution in [0.25, 0.3) is 11.0 Å². The maximum Gasteiger partial charge on any atom is 0.163 e. The number of aromatic amines is 1. The Kier molecular flexibility index (Phi) is 1.69. The van der Waals surface area contributed by atoms with E-state index in [0.717, 1.165) is 16.8 Å². The summed E-state index contributed by atoms with van der Waals surface area (Å²) in [6, 6.07) is 5.69. The number of hydrogen-bond acceptors (Lipinski definition) is 3. The van der Waals surface area contributed by atoms with Crippen LogP contribution in [0, 0.1) is 0 Å². The van der Waals surface area contributed by atoms with Gasteiger partial charge in [-0.1, -0.05) is 6.07 Å². The molecule has 12 heavy (non-hydrogen) atoms. The topological polar surface area (TPSA) is 37.9 Å². The zero-order valence-electron chi connectivity index (χ0n) is 6.53. The first-order valence-corrected chi connectivity index (χ1v) is 3.97. The maximum absolute atomic E-state index is 5.14. The fourth-order valence-electron chi connectivity index (χ4n) is 1.16. The van der Waals surface area contributed by atoms with Gasteiger partial charge in [0.25, 0.3) is 0 Å². The Morgan fingerprint density at radius 2 is 2.33 bits per heavy atom. The molecule has 0 amide bonds. The minimum Gasteiger partial charge on any atom is -0.494 e. The van der Waals surface area contributed by atoms with Crippen molar-refractivity contribution in [3.05, 3.63) is 18.2 Å². The quantitative estimate of drug-likeness (QED) is 0.657. The van der Waals surface area contributed by atoms with E-state index >= 15 is 0 Å². The molecule has 0 unspecified atom stereocenters. The van der Waals surface area contributed by atoms with Gasteiger partial charge in [-0.3, -0.25) is 0 Å². The second kappa shape index (κ2) is 2.71. The minimum absolute atomic E-state index is 0.606. The Bertz CT molecular complexity index is 410. The predicted molar refractivity (Wildman–Crippen MR) is 49.9 cm³/mol. The van der Waals surface area contributed by atoms with Crippen LogP contribution in [0.2, 0.25) is 0 Å². The van der Waals surface area contributed by atoms with Crippen molar-refractivity contribution in [1.29, 1.82) is 0 Å². The van der Waals surface area contributed by atoms with Gasteiger partial charge in [-0.05, 0) is 12.1 Å². The van der Waals surface area contributed by atoms with E-state index in [9.17, 15) is 0 Å². The van der Waals surface area contributed by atoms with Gasteiger partial charge in [-0.25, -0.2) is 4.98 Å². The van der Waals surface area contributed by atoms with Gasteiger partial charge in [0.1, 0.15) is 11.3 Å². The molecular weight excluding hydrogens is 172 g/mol. The second-order valence-electron chi connectivity index (χ2n) is 2.41. The Morgan fingerprint density at radius 1 is 1.50 bits per heavy atom. The number of H-pyrrole nitrogens is 1. The third-order valence-corrected chi connectivity index (χ3v) is 1.90. The standard InChI is InChI=1S/C8H8N2OS/c1-11-6-4-2-3-5-7(6)10-8(12)9-5/h2-4H,1H3,(H2,9,10,12). The van der Waals surface area contributed by atoms with E-state index < -0.39 is 0 Å². The highest BCUT2D eigenvalue weighted by Gasteiger charge is 2.03. The SMILES string of the molecule is COc1cccc2nc(S)[nH]c12. The van der Waals surface area contributed by atoms with E-state index in [4.69, 9.17) is 4.74 Å². The molecule has 0 aliphatic carbocycles. The smallest absolute Gasteiger partial charge is 0.163 e. The summed E-state index contributed by atoms with van der Waals surface area (Å²) in [5.74, 6) is 0.792. The highest BCUT2D eigenvalue weighted by molar-refractivity contribution is 7.80. The zero-order valence-corrected chi connectivity index (χ0v) is 7.43. The number of nitrogens with zero attached hydrogens (tertiary/aromatic N) is 1. The van der Waals surface area contributed by atoms with E-state index in [0.29, 0.717) is 5.16 Å². The molecule has 0 fully saturated rings. The van der Waals surface area contributed by atoms with E-state index in [2.05, 4.69) is 22.6 Å². The summed E-state index contributed by atoms with van der Waals surface area (Å²) in [4.78, 5) is 7.16. The average molecular weight is 180 g/mol. The number of nitrogens with one attached hydrogen (secondary N) is 1. The van der Waals surface area contributed by atoms with Gasteiger partial charge in [-0.2, -0.15) is 0 Å². The summed E-state index contributed by atoms with van der Waals surface area (Å²) < 4.78 is 5.14. The number of hydrogen-bond donors (Lipinski definition) is 2. The van der Waals surface area contributed by atoms with Crippen molar-refractivity contribution in [1.82, 2.24) is 9.97 Å². The first-order chi connectivity index (χ1) is 5.81. The third-order valence-electron chi connectivity index (χ3n) is 1.69. The summed E-state index contributed by atoms with van der Waals surface area (Å²) in [6.45, 7) is 0. The predicted octanol–water partition coefficient (Wildman–Crippen LogP) is 1.86. The van der Waals surface area contributed by atoms with Crippen LogP contribution in [-0.4, -0.2) is 17.1 Å². The van der Waals surface area contributed by atoms with Gasteiger partial charge in [0, 0.05) is 0 Å². The van der Waals surface area contributed by atoms with Gasteiger partial charge >= 0.3 is 0 Å². The summed E-state index contributed by atoms with van der Waals surface area (Å²) in [6.07, 6.45) is 0. The molecule has 4 heteroatoms. The van der Waals surface area contributed by atoms with Crippen LogP contribution < -0.4 is 4.74 Å². The molecule has 1 aromatic carbocycles. The van der Waals surface area contributed by atoms with Gasteiger partial charge in [0.2, 0.25) is 0 Å². The molecule has 0 aliphatic rings. The van der Waals surface area contributed by atoms with Crippen molar-refractivity contribution < 1.29 is 4.74 Å². The minimum atomic E-state index is 0.606. The molecular formula is C8H8N2OS. The zero-order chi connectivity index (χ0) is 8.55. The molecule has 0 radical (unpaired) electrons. The van der Waals surface area contributed by atoms with Crippen LogP contribution in [0.4, 0.5) is 0 Å². The molecule has 0 saturated carbocycles. The summed E-state index contributed by atoms with van der Waals surface area (Å²) >= 11 is 4.11. The van der Waals surface area contributed by atoms with Crippen molar-refractivity contribution in [2.24, 2.45) is 0 Å². The lowest BCUT2D eigenvalue weighted by Crippen LogP contribution is -1.83. The molecule has 0 aliphatic heterocycles. The van der Waals surface area contributed by atoms with E-state index in [-0.39, 0.29) is 0 Å². The highest BCUT2D eigenvalue weighted by atomic mass is 32.1. The lowest BCUT2D eigenvalue weighted by Gasteiger charge is -1.98. The van der Waals surface area contributed by atoms with Crippen LogP contribution in [0.5, 0.6) is 5.75 Å². The van der Waals surface area contributed by atoms with Crippen molar-refractivity contribution in [3.63, 3.8) is 0 Å². The van der Waals surface area contributed by atoms with E-state index in [1.54, 1.807) is 7.11 Å². The molecule has 3 nitrogen and oxygen atoms in total. The number of aromatic nitrogens is 2. The Labute approximate surface area is 75.2 Å². The monoisotopic (exact) mass is 180 g/mol. The van der Waals surface area contributed by atoms with Crippen molar-refractivity contribution in [2.75, 3.05) is 7.11 Å². The molecule has 1 N–H and O–H groups in total. The van der Waals surface area contributed by atoms with Gasteiger partial charge < -0.3 is 9.72 Å². The molecule has 0 atom stereocenters. The van der Waals surface area contributed by atoms with Crippen LogP contribution in [0.15, 0.2) is 23.4 Å². The van der Waals surface area contributed by atoms with Crippen LogP contribution in [-0.2, 0) is 0 Å². The summed E-state index contributed by atoms with van der Waals surface area (Å²) in [7, 11) is 1.63. The Balaban J connectivity index is 2.78. The summed E-state index contributed by atoms with van der Waals surface area (Å²) in [5.41, 5.74) is 1.77. The van der Waals surface area contributed by atoms with Gasteiger partial charge in [0.05, 0.1) is 12.6 Å². The van der Waals surface area contributed by atoms with Crippen LogP contribution in [0.3, 0.4) is 0 Å². The fraction of sp³-hybridized carbons (Fsp3) is 0.125. The number of para-hydroxylation sites is 1. The summed E-state index contributed by atoms with van der Waals surface area (Å²) in [5, 5.41) is 0.606. The van der Waals surface area contributed by atoms with Crippen LogP contribution >= 0.6 is 12.6 Å². The largest absolute Gasteiger partial charge is 0.494 e. The second-order valence-corrected chi connectivity index (χ2v) is 2.84. The molecule has 2 rings (SSSR count). The highest BCUT2D eigenvalue weighted by Crippen LogP contribution is 2.23. The number of rotatable bonds is 1. The first-order valence-electron chi connectivity index (χ1n) is 3.53. The first kappa shape index (κ1) is 7.49. The molecule has 0 spiro atoms. The van der Waals surface area contributed by atoms with Gasteiger partial charge in [-0.15, -0.1) is 12.6 Å². The number of imidazole rings is 1. The number of fused-ring (bicyclic) bond motifs is 1. The number of thiol groups is 1. The molecule has 0 saturated heterocycles. The van der Waals surface area contributed by atoms with E-state index in [1.165, 1.54) is 0 Å². The van der Waals surface area contributed by atoms with Gasteiger partial charge in [0.15, 0.2) is 5.16 Å². The van der Waals surface area contributed by atoms with Crippen LogP contribution in [0.1, 0.15) is 0 Å². The lowest BCUT2D eigenvalue weighted by atomic mass is 10.3. The molecule has 1 aromatic heterocycles.